The van der Waals surface area contributed by atoms with Gasteiger partial charge in [0.1, 0.15) is 5.82 Å². The highest BCUT2D eigenvalue weighted by Crippen LogP contribution is 2.22. The van der Waals surface area contributed by atoms with Gasteiger partial charge in [-0.2, -0.15) is 0 Å². The van der Waals surface area contributed by atoms with Crippen LogP contribution < -0.4 is 5.56 Å². The molecule has 0 spiro atoms. The van der Waals surface area contributed by atoms with Gasteiger partial charge >= 0.3 is 0 Å². The number of hydrogen-bond donors (Lipinski definition) is 2. The molecule has 0 unspecified atom stereocenters. The Balaban J connectivity index is 1.92. The molecular formula is C15H19N3O2. The molecule has 0 saturated carbocycles. The topological polar surface area (TPSA) is 69.2 Å². The third-order valence-electron chi connectivity index (χ3n) is 4.07. The van der Waals surface area contributed by atoms with E-state index >= 15 is 0 Å². The second-order valence-electron chi connectivity index (χ2n) is 5.41. The van der Waals surface area contributed by atoms with E-state index in [2.05, 4.69) is 14.9 Å². The molecule has 1 fully saturated rings. The average Bonchev–Trinajstić information content (AvgIpc) is 2.47. The Morgan fingerprint density at radius 1 is 1.35 bits per heavy atom. The number of H-pyrrole nitrogens is 1. The standard InChI is InChI=1S/C15H19N3O2/c1-10(18-8-6-11(19)7-9-18)14-16-13-5-3-2-4-12(13)15(20)17-14/h2-5,10-11,19H,6-9H2,1H3,(H,16,17,20)/t10-/m0/s1. The second kappa shape index (κ2) is 5.34. The summed E-state index contributed by atoms with van der Waals surface area (Å²) in [5.41, 5.74) is 0.643. The van der Waals surface area contributed by atoms with Crippen molar-refractivity contribution in [3.05, 3.63) is 40.4 Å². The molecule has 0 amide bonds. The third-order valence-corrected chi connectivity index (χ3v) is 4.07. The summed E-state index contributed by atoms with van der Waals surface area (Å²) in [5, 5.41) is 10.2. The number of likely N-dealkylation sites (tertiary alicyclic amines) is 1. The molecule has 1 aliphatic rings. The highest BCUT2D eigenvalue weighted by molar-refractivity contribution is 5.77. The Labute approximate surface area is 117 Å². The van der Waals surface area contributed by atoms with Gasteiger partial charge in [0, 0.05) is 13.1 Å². The van der Waals surface area contributed by atoms with Crippen LogP contribution in [-0.4, -0.2) is 39.2 Å². The lowest BCUT2D eigenvalue weighted by atomic mass is 10.1. The van der Waals surface area contributed by atoms with Gasteiger partial charge in [-0.25, -0.2) is 4.98 Å². The van der Waals surface area contributed by atoms with Crippen molar-refractivity contribution in [3.8, 4) is 0 Å². The molecule has 2 heterocycles. The van der Waals surface area contributed by atoms with Crippen LogP contribution in [-0.2, 0) is 0 Å². The Kier molecular flexibility index (Phi) is 3.54. The summed E-state index contributed by atoms with van der Waals surface area (Å²) in [5.74, 6) is 0.699. The number of aromatic nitrogens is 2. The van der Waals surface area contributed by atoms with Gasteiger partial charge in [0.15, 0.2) is 0 Å². The third kappa shape index (κ3) is 2.46. The van der Waals surface area contributed by atoms with Crippen LogP contribution in [0.25, 0.3) is 10.9 Å². The van der Waals surface area contributed by atoms with Crippen molar-refractivity contribution in [2.75, 3.05) is 13.1 Å². The molecule has 1 aromatic carbocycles. The lowest BCUT2D eigenvalue weighted by Crippen LogP contribution is -2.38. The number of benzene rings is 1. The monoisotopic (exact) mass is 273 g/mol. The summed E-state index contributed by atoms with van der Waals surface area (Å²) in [6.45, 7) is 3.71. The number of rotatable bonds is 2. The first-order valence-electron chi connectivity index (χ1n) is 7.06. The predicted octanol–water partition coefficient (Wildman–Crippen LogP) is 1.44. The second-order valence-corrected chi connectivity index (χ2v) is 5.41. The van der Waals surface area contributed by atoms with Crippen molar-refractivity contribution in [1.29, 1.82) is 0 Å². The summed E-state index contributed by atoms with van der Waals surface area (Å²) < 4.78 is 0. The number of piperidine rings is 1. The average molecular weight is 273 g/mol. The Bertz CT molecular complexity index is 659. The molecule has 0 bridgehead atoms. The maximum atomic E-state index is 12.1. The minimum Gasteiger partial charge on any atom is -0.393 e. The zero-order chi connectivity index (χ0) is 14.1. The van der Waals surface area contributed by atoms with Crippen LogP contribution >= 0.6 is 0 Å². The summed E-state index contributed by atoms with van der Waals surface area (Å²) in [4.78, 5) is 21.8. The van der Waals surface area contributed by atoms with E-state index in [1.165, 1.54) is 0 Å². The Hall–Kier alpha value is -1.72. The van der Waals surface area contributed by atoms with E-state index in [1.54, 1.807) is 6.07 Å². The number of hydrogen-bond acceptors (Lipinski definition) is 4. The molecule has 20 heavy (non-hydrogen) atoms. The van der Waals surface area contributed by atoms with Crippen molar-refractivity contribution in [2.24, 2.45) is 0 Å². The highest BCUT2D eigenvalue weighted by Gasteiger charge is 2.23. The van der Waals surface area contributed by atoms with Crippen molar-refractivity contribution in [3.63, 3.8) is 0 Å². The van der Waals surface area contributed by atoms with Crippen LogP contribution in [0.5, 0.6) is 0 Å². The largest absolute Gasteiger partial charge is 0.393 e. The van der Waals surface area contributed by atoms with Crippen LogP contribution in [0.15, 0.2) is 29.1 Å². The number of nitrogens with zero attached hydrogens (tertiary/aromatic N) is 2. The number of fused-ring (bicyclic) bond motifs is 1. The quantitative estimate of drug-likeness (QED) is 0.868. The lowest BCUT2D eigenvalue weighted by Gasteiger charge is -2.33. The minimum atomic E-state index is -0.193. The van der Waals surface area contributed by atoms with Gasteiger partial charge in [-0.15, -0.1) is 0 Å². The maximum absolute atomic E-state index is 12.1. The van der Waals surface area contributed by atoms with E-state index in [9.17, 15) is 9.90 Å². The van der Waals surface area contributed by atoms with Crippen molar-refractivity contribution in [2.45, 2.75) is 31.9 Å². The fraction of sp³-hybridized carbons (Fsp3) is 0.467. The Morgan fingerprint density at radius 3 is 2.80 bits per heavy atom. The van der Waals surface area contributed by atoms with E-state index in [0.717, 1.165) is 31.4 Å². The summed E-state index contributed by atoms with van der Waals surface area (Å²) in [7, 11) is 0. The Morgan fingerprint density at radius 2 is 2.05 bits per heavy atom. The van der Waals surface area contributed by atoms with Gasteiger partial charge in [-0.1, -0.05) is 12.1 Å². The zero-order valence-electron chi connectivity index (χ0n) is 11.5. The molecular weight excluding hydrogens is 254 g/mol. The summed E-state index contributed by atoms with van der Waals surface area (Å²) in [6.07, 6.45) is 1.37. The fourth-order valence-corrected chi connectivity index (χ4v) is 2.75. The SMILES string of the molecule is C[C@@H](c1nc2ccccc2c(=O)[nH]1)N1CCC(O)CC1. The molecule has 5 nitrogen and oxygen atoms in total. The van der Waals surface area contributed by atoms with Crippen molar-refractivity contribution < 1.29 is 5.11 Å². The molecule has 1 aliphatic heterocycles. The fourth-order valence-electron chi connectivity index (χ4n) is 2.75. The molecule has 1 saturated heterocycles. The molecule has 3 rings (SSSR count). The van der Waals surface area contributed by atoms with E-state index in [-0.39, 0.29) is 17.7 Å². The normalized spacial score (nSPS) is 19.3. The van der Waals surface area contributed by atoms with Crippen molar-refractivity contribution in [1.82, 2.24) is 14.9 Å². The van der Waals surface area contributed by atoms with E-state index < -0.39 is 0 Å². The number of aliphatic hydroxyl groups is 1. The van der Waals surface area contributed by atoms with E-state index in [1.807, 2.05) is 25.1 Å². The lowest BCUT2D eigenvalue weighted by molar-refractivity contribution is 0.0626. The van der Waals surface area contributed by atoms with Crippen LogP contribution in [0.2, 0.25) is 0 Å². The molecule has 5 heteroatoms. The van der Waals surface area contributed by atoms with E-state index in [0.29, 0.717) is 11.2 Å². The first-order valence-corrected chi connectivity index (χ1v) is 7.06. The van der Waals surface area contributed by atoms with Crippen LogP contribution in [0, 0.1) is 0 Å². The van der Waals surface area contributed by atoms with Crippen LogP contribution in [0.3, 0.4) is 0 Å². The van der Waals surface area contributed by atoms with Crippen molar-refractivity contribution >= 4 is 10.9 Å². The first-order chi connectivity index (χ1) is 9.65. The smallest absolute Gasteiger partial charge is 0.258 e. The highest BCUT2D eigenvalue weighted by atomic mass is 16.3. The summed E-state index contributed by atoms with van der Waals surface area (Å²) in [6, 6.07) is 7.43. The number of nitrogens with one attached hydrogen (secondary N) is 1. The van der Waals surface area contributed by atoms with Gasteiger partial charge < -0.3 is 10.1 Å². The van der Waals surface area contributed by atoms with E-state index in [4.69, 9.17) is 0 Å². The molecule has 0 aliphatic carbocycles. The molecule has 2 aromatic rings. The molecule has 0 radical (unpaired) electrons. The molecule has 106 valence electrons. The number of aromatic amines is 1. The molecule has 1 aromatic heterocycles. The molecule has 2 N–H and O–H groups in total. The van der Waals surface area contributed by atoms with Crippen LogP contribution in [0.4, 0.5) is 0 Å². The predicted molar refractivity (Wildman–Crippen MR) is 77.6 cm³/mol. The number of para-hydroxylation sites is 1. The zero-order valence-corrected chi connectivity index (χ0v) is 11.5. The van der Waals surface area contributed by atoms with Crippen LogP contribution in [0.1, 0.15) is 31.6 Å². The number of aliphatic hydroxyl groups excluding tert-OH is 1. The van der Waals surface area contributed by atoms with Gasteiger partial charge in [0.2, 0.25) is 0 Å². The van der Waals surface area contributed by atoms with Gasteiger partial charge in [-0.3, -0.25) is 9.69 Å². The van der Waals surface area contributed by atoms with Gasteiger partial charge in [-0.05, 0) is 31.9 Å². The van der Waals surface area contributed by atoms with Gasteiger partial charge in [0.25, 0.3) is 5.56 Å². The first kappa shape index (κ1) is 13.3. The maximum Gasteiger partial charge on any atom is 0.258 e. The van der Waals surface area contributed by atoms with Gasteiger partial charge in [0.05, 0.1) is 23.0 Å². The minimum absolute atomic E-state index is 0.0554. The molecule has 1 atom stereocenters. The summed E-state index contributed by atoms with van der Waals surface area (Å²) >= 11 is 0.